The maximum Gasteiger partial charge on any atom is 0.255 e. The van der Waals surface area contributed by atoms with Crippen LogP contribution in [0.5, 0.6) is 0 Å². The first-order valence-electron chi connectivity index (χ1n) is 6.85. The van der Waals surface area contributed by atoms with Crippen molar-refractivity contribution in [3.63, 3.8) is 0 Å². The molecule has 1 heterocycles. The van der Waals surface area contributed by atoms with Gasteiger partial charge in [0, 0.05) is 18.7 Å². The number of carbonyl (C=O) groups excluding carboxylic acids is 2. The summed E-state index contributed by atoms with van der Waals surface area (Å²) in [6.07, 6.45) is 3.04. The third-order valence-corrected chi connectivity index (χ3v) is 3.19. The lowest BCUT2D eigenvalue weighted by Crippen LogP contribution is -2.23. The van der Waals surface area contributed by atoms with Crippen molar-refractivity contribution in [1.29, 1.82) is 0 Å². The van der Waals surface area contributed by atoms with Crippen molar-refractivity contribution in [2.24, 2.45) is 0 Å². The molecule has 0 radical (unpaired) electrons. The summed E-state index contributed by atoms with van der Waals surface area (Å²) in [5.74, 6) is -0.348. The van der Waals surface area contributed by atoms with E-state index in [0.717, 1.165) is 5.56 Å². The summed E-state index contributed by atoms with van der Waals surface area (Å²) in [5.41, 5.74) is 8.11. The monoisotopic (exact) mass is 298 g/mol. The number of nitrogens with two attached hydrogens (primary N) is 1. The topological polar surface area (TPSA) is 97.1 Å². The van der Waals surface area contributed by atoms with E-state index in [0.29, 0.717) is 16.9 Å². The van der Waals surface area contributed by atoms with Crippen molar-refractivity contribution in [1.82, 2.24) is 10.3 Å². The molecule has 1 aromatic heterocycles. The fourth-order valence-electron chi connectivity index (χ4n) is 2.03. The largest absolute Gasteiger partial charge is 0.396 e. The van der Waals surface area contributed by atoms with Gasteiger partial charge in [0.2, 0.25) is 5.91 Å². The first-order chi connectivity index (χ1) is 10.5. The Kier molecular flexibility index (Phi) is 4.73. The molecular formula is C16H18N4O2. The number of benzene rings is 1. The molecule has 114 valence electrons. The van der Waals surface area contributed by atoms with Crippen molar-refractivity contribution >= 4 is 23.2 Å². The van der Waals surface area contributed by atoms with Crippen LogP contribution in [0.4, 0.5) is 11.4 Å². The highest BCUT2D eigenvalue weighted by Gasteiger charge is 2.10. The van der Waals surface area contributed by atoms with Crippen molar-refractivity contribution in [3.8, 4) is 0 Å². The molecule has 6 heteroatoms. The summed E-state index contributed by atoms with van der Waals surface area (Å²) in [4.78, 5) is 27.1. The Labute approximate surface area is 128 Å². The van der Waals surface area contributed by atoms with Gasteiger partial charge in [0.25, 0.3) is 5.91 Å². The Morgan fingerprint density at radius 3 is 2.45 bits per heavy atom. The fourth-order valence-corrected chi connectivity index (χ4v) is 2.03. The van der Waals surface area contributed by atoms with Gasteiger partial charge in [-0.1, -0.05) is 12.1 Å². The zero-order valence-electron chi connectivity index (χ0n) is 12.5. The number of nitrogens with one attached hydrogen (secondary N) is 2. The van der Waals surface area contributed by atoms with Gasteiger partial charge >= 0.3 is 0 Å². The minimum absolute atomic E-state index is 0.0949. The number of carbonyl (C=O) groups is 2. The van der Waals surface area contributed by atoms with Gasteiger partial charge in [0.05, 0.1) is 23.6 Å². The molecular weight excluding hydrogens is 280 g/mol. The first kappa shape index (κ1) is 15.5. The van der Waals surface area contributed by atoms with Gasteiger partial charge in [-0.15, -0.1) is 0 Å². The Morgan fingerprint density at radius 1 is 1.18 bits per heavy atom. The first-order valence-corrected chi connectivity index (χ1v) is 6.85. The highest BCUT2D eigenvalue weighted by Crippen LogP contribution is 2.18. The summed E-state index contributed by atoms with van der Waals surface area (Å²) < 4.78 is 0. The van der Waals surface area contributed by atoms with Crippen LogP contribution in [0.1, 0.15) is 35.8 Å². The standard InChI is InChI=1S/C16H18N4O2/c1-10(19-11(2)21)12-3-5-13(6-4-12)16(22)20-15-7-8-18-9-14(15)17/h3-10H,17H2,1-2H3,(H,19,21)(H,18,20,22). The Balaban J connectivity index is 2.08. The zero-order chi connectivity index (χ0) is 16.1. The molecule has 1 atom stereocenters. The quantitative estimate of drug-likeness (QED) is 0.805. The minimum atomic E-state index is -0.253. The maximum absolute atomic E-state index is 12.2. The number of pyridine rings is 1. The molecule has 2 rings (SSSR count). The smallest absolute Gasteiger partial charge is 0.255 e. The highest BCUT2D eigenvalue weighted by molar-refractivity contribution is 6.05. The Hall–Kier alpha value is -2.89. The predicted molar refractivity (Wildman–Crippen MR) is 85.3 cm³/mol. The zero-order valence-corrected chi connectivity index (χ0v) is 12.5. The van der Waals surface area contributed by atoms with E-state index < -0.39 is 0 Å². The normalized spacial score (nSPS) is 11.5. The number of rotatable bonds is 4. The molecule has 0 aliphatic rings. The van der Waals surface area contributed by atoms with Crippen LogP contribution in [0.25, 0.3) is 0 Å². The van der Waals surface area contributed by atoms with Gasteiger partial charge in [-0.2, -0.15) is 0 Å². The van der Waals surface area contributed by atoms with Crippen LogP contribution in [-0.2, 0) is 4.79 Å². The molecule has 0 saturated carbocycles. The van der Waals surface area contributed by atoms with Gasteiger partial charge in [-0.25, -0.2) is 0 Å². The van der Waals surface area contributed by atoms with Gasteiger partial charge in [-0.05, 0) is 30.7 Å². The average molecular weight is 298 g/mol. The van der Waals surface area contributed by atoms with Gasteiger partial charge < -0.3 is 16.4 Å². The van der Waals surface area contributed by atoms with Crippen LogP contribution >= 0.6 is 0 Å². The van der Waals surface area contributed by atoms with Gasteiger partial charge in [0.15, 0.2) is 0 Å². The molecule has 22 heavy (non-hydrogen) atoms. The summed E-state index contributed by atoms with van der Waals surface area (Å²) in [5, 5.41) is 5.53. The lowest BCUT2D eigenvalue weighted by Gasteiger charge is -2.13. The highest BCUT2D eigenvalue weighted by atomic mass is 16.2. The molecule has 4 N–H and O–H groups in total. The molecule has 0 fully saturated rings. The molecule has 0 aliphatic carbocycles. The number of nitrogen functional groups attached to an aromatic ring is 1. The third kappa shape index (κ3) is 3.82. The van der Waals surface area contributed by atoms with E-state index in [-0.39, 0.29) is 17.9 Å². The Bertz CT molecular complexity index is 683. The van der Waals surface area contributed by atoms with Crippen LogP contribution in [-0.4, -0.2) is 16.8 Å². The van der Waals surface area contributed by atoms with Crippen LogP contribution in [0.2, 0.25) is 0 Å². The van der Waals surface area contributed by atoms with Crippen LogP contribution in [0.15, 0.2) is 42.7 Å². The molecule has 2 aromatic rings. The van der Waals surface area contributed by atoms with E-state index in [1.165, 1.54) is 13.1 Å². The molecule has 1 aromatic carbocycles. The van der Waals surface area contributed by atoms with E-state index in [4.69, 9.17) is 5.73 Å². The van der Waals surface area contributed by atoms with E-state index in [9.17, 15) is 9.59 Å². The van der Waals surface area contributed by atoms with E-state index in [2.05, 4.69) is 15.6 Å². The third-order valence-electron chi connectivity index (χ3n) is 3.19. The van der Waals surface area contributed by atoms with E-state index in [1.807, 2.05) is 19.1 Å². The number of hydrogen-bond acceptors (Lipinski definition) is 4. The molecule has 0 aliphatic heterocycles. The fraction of sp³-hybridized carbons (Fsp3) is 0.188. The summed E-state index contributed by atoms with van der Waals surface area (Å²) in [6.45, 7) is 3.35. The number of anilines is 2. The predicted octanol–water partition coefficient (Wildman–Crippen LogP) is 2.11. The van der Waals surface area contributed by atoms with Gasteiger partial charge in [0.1, 0.15) is 0 Å². The maximum atomic E-state index is 12.2. The number of aromatic nitrogens is 1. The molecule has 2 amide bonds. The molecule has 6 nitrogen and oxygen atoms in total. The molecule has 1 unspecified atom stereocenters. The summed E-state index contributed by atoms with van der Waals surface area (Å²) in [7, 11) is 0. The van der Waals surface area contributed by atoms with Crippen molar-refractivity contribution in [2.75, 3.05) is 11.1 Å². The SMILES string of the molecule is CC(=O)NC(C)c1ccc(C(=O)Nc2ccncc2N)cc1. The molecule has 0 bridgehead atoms. The van der Waals surface area contributed by atoms with Crippen LogP contribution < -0.4 is 16.4 Å². The van der Waals surface area contributed by atoms with Crippen LogP contribution in [0.3, 0.4) is 0 Å². The van der Waals surface area contributed by atoms with E-state index in [1.54, 1.807) is 24.4 Å². The number of amides is 2. The average Bonchev–Trinajstić information content (AvgIpc) is 2.49. The number of hydrogen-bond donors (Lipinski definition) is 3. The lowest BCUT2D eigenvalue weighted by molar-refractivity contribution is -0.119. The lowest BCUT2D eigenvalue weighted by atomic mass is 10.1. The van der Waals surface area contributed by atoms with Crippen molar-refractivity contribution in [2.45, 2.75) is 19.9 Å². The summed E-state index contributed by atoms with van der Waals surface area (Å²) >= 11 is 0. The Morgan fingerprint density at radius 2 is 1.86 bits per heavy atom. The minimum Gasteiger partial charge on any atom is -0.396 e. The van der Waals surface area contributed by atoms with Gasteiger partial charge in [-0.3, -0.25) is 14.6 Å². The van der Waals surface area contributed by atoms with E-state index >= 15 is 0 Å². The summed E-state index contributed by atoms with van der Waals surface area (Å²) in [6, 6.07) is 8.57. The van der Waals surface area contributed by atoms with Crippen molar-refractivity contribution in [3.05, 3.63) is 53.9 Å². The van der Waals surface area contributed by atoms with Crippen LogP contribution in [0, 0.1) is 0 Å². The second-order valence-corrected chi connectivity index (χ2v) is 4.96. The second-order valence-electron chi connectivity index (χ2n) is 4.96. The molecule has 0 spiro atoms. The number of nitrogens with zero attached hydrogens (tertiary/aromatic N) is 1. The van der Waals surface area contributed by atoms with Crippen molar-refractivity contribution < 1.29 is 9.59 Å². The second kappa shape index (κ2) is 6.71. The molecule has 0 saturated heterocycles.